The number of benzene rings is 1. The third kappa shape index (κ3) is 3.27. The number of halogens is 2. The molecule has 4 nitrogen and oxygen atoms in total. The molecular weight excluding hydrogens is 252 g/mol. The first-order chi connectivity index (χ1) is 9.11. The van der Waals surface area contributed by atoms with Crippen LogP contribution in [0.3, 0.4) is 0 Å². The van der Waals surface area contributed by atoms with Gasteiger partial charge in [0, 0.05) is 32.4 Å². The molecule has 0 radical (unpaired) electrons. The Morgan fingerprint density at radius 3 is 2.79 bits per heavy atom. The van der Waals surface area contributed by atoms with Crippen molar-refractivity contribution in [1.82, 2.24) is 14.5 Å². The van der Waals surface area contributed by atoms with Crippen molar-refractivity contribution in [3.8, 4) is 0 Å². The molecule has 0 fully saturated rings. The lowest BCUT2D eigenvalue weighted by atomic mass is 10.3. The van der Waals surface area contributed by atoms with E-state index in [0.717, 1.165) is 19.0 Å². The summed E-state index contributed by atoms with van der Waals surface area (Å²) in [5.41, 5.74) is 1.06. The normalized spacial score (nSPS) is 11.6. The minimum absolute atomic E-state index is 0.462. The molecule has 1 aromatic carbocycles. The molecule has 0 bridgehead atoms. The van der Waals surface area contributed by atoms with Crippen molar-refractivity contribution in [3.63, 3.8) is 0 Å². The van der Waals surface area contributed by atoms with Gasteiger partial charge in [0.15, 0.2) is 11.6 Å². The minimum Gasteiger partial charge on any atom is -0.385 e. The van der Waals surface area contributed by atoms with Crippen LogP contribution in [0.5, 0.6) is 0 Å². The molecule has 2 rings (SSSR count). The number of fused-ring (bicyclic) bond motifs is 1. The van der Waals surface area contributed by atoms with Crippen LogP contribution < -0.4 is 0 Å². The molecule has 0 aliphatic carbocycles. The summed E-state index contributed by atoms with van der Waals surface area (Å²) < 4.78 is 33.1. The van der Waals surface area contributed by atoms with E-state index in [1.54, 1.807) is 18.0 Å². The van der Waals surface area contributed by atoms with Gasteiger partial charge in [-0.25, -0.2) is 13.8 Å². The molecule has 104 valence electrons. The second kappa shape index (κ2) is 6.08. The van der Waals surface area contributed by atoms with E-state index < -0.39 is 11.6 Å². The first-order valence-corrected chi connectivity index (χ1v) is 6.09. The Balaban J connectivity index is 2.10. The number of nitrogens with zero attached hydrogens (tertiary/aromatic N) is 3. The summed E-state index contributed by atoms with van der Waals surface area (Å²) in [5, 5.41) is 0. The first-order valence-electron chi connectivity index (χ1n) is 6.09. The van der Waals surface area contributed by atoms with E-state index in [0.29, 0.717) is 24.3 Å². The standard InChI is InChI=1S/C13H17F2N3O/c1-17(4-3-5-19-2)9-18-8-16-12-6-10(14)11(15)7-13(12)18/h6-8H,3-5,9H2,1-2H3. The zero-order valence-electron chi connectivity index (χ0n) is 11.1. The molecule has 0 aliphatic heterocycles. The van der Waals surface area contributed by atoms with Crippen molar-refractivity contribution in [2.45, 2.75) is 13.1 Å². The number of imidazole rings is 1. The predicted molar refractivity (Wildman–Crippen MR) is 68.8 cm³/mol. The molecule has 0 amide bonds. The van der Waals surface area contributed by atoms with Crippen LogP contribution >= 0.6 is 0 Å². The summed E-state index contributed by atoms with van der Waals surface area (Å²) in [5.74, 6) is -1.72. The Kier molecular flexibility index (Phi) is 4.44. The van der Waals surface area contributed by atoms with Crippen molar-refractivity contribution in [1.29, 1.82) is 0 Å². The molecule has 2 aromatic rings. The van der Waals surface area contributed by atoms with Crippen molar-refractivity contribution >= 4 is 11.0 Å². The highest BCUT2D eigenvalue weighted by Gasteiger charge is 2.10. The molecule has 0 aliphatic rings. The lowest BCUT2D eigenvalue weighted by Crippen LogP contribution is -2.23. The number of hydrogen-bond donors (Lipinski definition) is 0. The van der Waals surface area contributed by atoms with E-state index in [4.69, 9.17) is 4.74 Å². The highest BCUT2D eigenvalue weighted by molar-refractivity contribution is 5.75. The van der Waals surface area contributed by atoms with Crippen molar-refractivity contribution in [2.75, 3.05) is 27.3 Å². The highest BCUT2D eigenvalue weighted by atomic mass is 19.2. The number of ether oxygens (including phenoxy) is 1. The number of hydrogen-bond acceptors (Lipinski definition) is 3. The van der Waals surface area contributed by atoms with E-state index in [-0.39, 0.29) is 0 Å². The largest absolute Gasteiger partial charge is 0.385 e. The van der Waals surface area contributed by atoms with E-state index in [1.165, 1.54) is 6.07 Å². The van der Waals surface area contributed by atoms with Gasteiger partial charge in [-0.3, -0.25) is 4.90 Å². The molecule has 1 heterocycles. The molecule has 0 saturated heterocycles. The van der Waals surface area contributed by atoms with Gasteiger partial charge < -0.3 is 9.30 Å². The summed E-state index contributed by atoms with van der Waals surface area (Å²) in [6.07, 6.45) is 2.51. The Bertz CT molecular complexity index is 556. The van der Waals surface area contributed by atoms with E-state index >= 15 is 0 Å². The van der Waals surface area contributed by atoms with Gasteiger partial charge in [-0.1, -0.05) is 0 Å². The molecule has 0 saturated carbocycles. The third-order valence-electron chi connectivity index (χ3n) is 2.95. The molecule has 1 aromatic heterocycles. The molecule has 6 heteroatoms. The smallest absolute Gasteiger partial charge is 0.161 e. The average molecular weight is 269 g/mol. The molecule has 19 heavy (non-hydrogen) atoms. The lowest BCUT2D eigenvalue weighted by Gasteiger charge is -2.17. The van der Waals surface area contributed by atoms with Crippen LogP contribution in [0.1, 0.15) is 6.42 Å². The fraction of sp³-hybridized carbons (Fsp3) is 0.462. The SMILES string of the molecule is COCCCN(C)Cn1cnc2cc(F)c(F)cc21. The van der Waals surface area contributed by atoms with Crippen molar-refractivity contribution in [3.05, 3.63) is 30.1 Å². The summed E-state index contributed by atoms with van der Waals surface area (Å²) in [6, 6.07) is 2.30. The monoisotopic (exact) mass is 269 g/mol. The molecular formula is C13H17F2N3O. The zero-order valence-corrected chi connectivity index (χ0v) is 11.1. The Labute approximate surface area is 110 Å². The van der Waals surface area contributed by atoms with E-state index in [2.05, 4.69) is 9.88 Å². The van der Waals surface area contributed by atoms with Gasteiger partial charge >= 0.3 is 0 Å². The van der Waals surface area contributed by atoms with Crippen molar-refractivity contribution in [2.24, 2.45) is 0 Å². The van der Waals surface area contributed by atoms with Gasteiger partial charge in [-0.2, -0.15) is 0 Å². The number of methoxy groups -OCH3 is 1. The Morgan fingerprint density at radius 1 is 1.32 bits per heavy atom. The number of aromatic nitrogens is 2. The zero-order chi connectivity index (χ0) is 13.8. The Hall–Kier alpha value is -1.53. The minimum atomic E-state index is -0.869. The summed E-state index contributed by atoms with van der Waals surface area (Å²) in [4.78, 5) is 6.15. The predicted octanol–water partition coefficient (Wildman–Crippen LogP) is 2.24. The van der Waals surface area contributed by atoms with E-state index in [1.807, 2.05) is 7.05 Å². The topological polar surface area (TPSA) is 30.3 Å². The van der Waals surface area contributed by atoms with Crippen LogP contribution in [-0.4, -0.2) is 41.8 Å². The van der Waals surface area contributed by atoms with E-state index in [9.17, 15) is 8.78 Å². The lowest BCUT2D eigenvalue weighted by molar-refractivity contribution is 0.171. The summed E-state index contributed by atoms with van der Waals surface area (Å²) >= 11 is 0. The molecule has 0 unspecified atom stereocenters. The molecule has 0 atom stereocenters. The fourth-order valence-electron chi connectivity index (χ4n) is 1.98. The maximum atomic E-state index is 13.2. The maximum absolute atomic E-state index is 13.2. The Morgan fingerprint density at radius 2 is 2.05 bits per heavy atom. The first kappa shape index (κ1) is 13.9. The van der Waals surface area contributed by atoms with Gasteiger partial charge in [-0.15, -0.1) is 0 Å². The second-order valence-electron chi connectivity index (χ2n) is 4.54. The van der Waals surface area contributed by atoms with Crippen LogP contribution in [0.2, 0.25) is 0 Å². The van der Waals surface area contributed by atoms with Crippen molar-refractivity contribution < 1.29 is 13.5 Å². The summed E-state index contributed by atoms with van der Waals surface area (Å²) in [6.45, 7) is 2.14. The van der Waals surface area contributed by atoms with Crippen LogP contribution in [0.25, 0.3) is 11.0 Å². The summed E-state index contributed by atoms with van der Waals surface area (Å²) in [7, 11) is 3.63. The van der Waals surface area contributed by atoms with Crippen LogP contribution in [0.4, 0.5) is 8.78 Å². The highest BCUT2D eigenvalue weighted by Crippen LogP contribution is 2.17. The van der Waals surface area contributed by atoms with Gasteiger partial charge in [0.2, 0.25) is 0 Å². The number of rotatable bonds is 6. The quantitative estimate of drug-likeness (QED) is 0.753. The third-order valence-corrected chi connectivity index (χ3v) is 2.95. The average Bonchev–Trinajstić information content (AvgIpc) is 2.73. The van der Waals surface area contributed by atoms with Crippen LogP contribution in [0, 0.1) is 11.6 Å². The van der Waals surface area contributed by atoms with Crippen LogP contribution in [-0.2, 0) is 11.4 Å². The van der Waals surface area contributed by atoms with Gasteiger partial charge in [0.05, 0.1) is 24.0 Å². The second-order valence-corrected chi connectivity index (χ2v) is 4.54. The van der Waals surface area contributed by atoms with Gasteiger partial charge in [0.25, 0.3) is 0 Å². The fourth-order valence-corrected chi connectivity index (χ4v) is 1.98. The maximum Gasteiger partial charge on any atom is 0.161 e. The molecule has 0 spiro atoms. The van der Waals surface area contributed by atoms with Gasteiger partial charge in [0.1, 0.15) is 0 Å². The van der Waals surface area contributed by atoms with Gasteiger partial charge in [-0.05, 0) is 13.5 Å². The van der Waals surface area contributed by atoms with Crippen LogP contribution in [0.15, 0.2) is 18.5 Å². The molecule has 0 N–H and O–H groups in total.